The molecule has 7 heteroatoms. The first-order valence-corrected chi connectivity index (χ1v) is 8.42. The van der Waals surface area contributed by atoms with Gasteiger partial charge in [0.1, 0.15) is 5.82 Å². The van der Waals surface area contributed by atoms with Crippen LogP contribution in [0.2, 0.25) is 0 Å². The SMILES string of the molecule is Cc1noc(-c2ccnc(NC(CO)Cc3c[nH]c4ccccc34)c2)n1. The topological polar surface area (TPSA) is 99.9 Å². The average molecular weight is 349 g/mol. The zero-order valence-electron chi connectivity index (χ0n) is 14.3. The number of aliphatic hydroxyl groups is 1. The maximum atomic E-state index is 9.81. The molecule has 4 rings (SSSR count). The van der Waals surface area contributed by atoms with Crippen LogP contribution in [0, 0.1) is 6.92 Å². The number of fused-ring (bicyclic) bond motifs is 1. The van der Waals surface area contributed by atoms with Crippen LogP contribution in [0.3, 0.4) is 0 Å². The maximum absolute atomic E-state index is 9.81. The molecule has 0 spiro atoms. The molecular formula is C19H19N5O2. The summed E-state index contributed by atoms with van der Waals surface area (Å²) in [6, 6.07) is 11.6. The van der Waals surface area contributed by atoms with E-state index >= 15 is 0 Å². The fourth-order valence-electron chi connectivity index (χ4n) is 2.99. The predicted molar refractivity (Wildman–Crippen MR) is 98.8 cm³/mol. The van der Waals surface area contributed by atoms with E-state index in [4.69, 9.17) is 4.52 Å². The summed E-state index contributed by atoms with van der Waals surface area (Å²) in [4.78, 5) is 11.8. The van der Waals surface area contributed by atoms with Gasteiger partial charge in [-0.05, 0) is 37.1 Å². The zero-order chi connectivity index (χ0) is 17.9. The highest BCUT2D eigenvalue weighted by Gasteiger charge is 2.14. The highest BCUT2D eigenvalue weighted by Crippen LogP contribution is 2.22. The number of anilines is 1. The molecule has 0 fully saturated rings. The second-order valence-electron chi connectivity index (χ2n) is 6.16. The van der Waals surface area contributed by atoms with Gasteiger partial charge >= 0.3 is 0 Å². The van der Waals surface area contributed by atoms with Crippen LogP contribution in [-0.4, -0.2) is 37.9 Å². The van der Waals surface area contributed by atoms with Crippen molar-refractivity contribution in [2.45, 2.75) is 19.4 Å². The van der Waals surface area contributed by atoms with Crippen LogP contribution in [0.25, 0.3) is 22.4 Å². The monoisotopic (exact) mass is 349 g/mol. The highest BCUT2D eigenvalue weighted by molar-refractivity contribution is 5.83. The van der Waals surface area contributed by atoms with Crippen LogP contribution in [0.1, 0.15) is 11.4 Å². The Labute approximate surface area is 150 Å². The van der Waals surface area contributed by atoms with Gasteiger partial charge in [0.25, 0.3) is 5.89 Å². The molecule has 0 aliphatic carbocycles. The first kappa shape index (κ1) is 16.3. The Balaban J connectivity index is 1.53. The Bertz CT molecular complexity index is 1020. The summed E-state index contributed by atoms with van der Waals surface area (Å²) in [5.41, 5.74) is 3.02. The number of aryl methyl sites for hydroxylation is 1. The van der Waals surface area contributed by atoms with Gasteiger partial charge < -0.3 is 19.9 Å². The Kier molecular flexibility index (Phi) is 4.37. The molecule has 3 aromatic heterocycles. The van der Waals surface area contributed by atoms with Crippen molar-refractivity contribution in [1.29, 1.82) is 0 Å². The Hall–Kier alpha value is -3.19. The second-order valence-corrected chi connectivity index (χ2v) is 6.16. The van der Waals surface area contributed by atoms with Gasteiger partial charge in [-0.1, -0.05) is 23.4 Å². The van der Waals surface area contributed by atoms with E-state index in [1.165, 1.54) is 0 Å². The molecule has 1 unspecified atom stereocenters. The third kappa shape index (κ3) is 3.29. The average Bonchev–Trinajstić information content (AvgIpc) is 3.28. The van der Waals surface area contributed by atoms with Gasteiger partial charge in [-0.3, -0.25) is 0 Å². The van der Waals surface area contributed by atoms with Crippen LogP contribution in [0.5, 0.6) is 0 Å². The number of aliphatic hydroxyl groups excluding tert-OH is 1. The number of nitrogens with one attached hydrogen (secondary N) is 2. The van der Waals surface area contributed by atoms with Crippen molar-refractivity contribution in [1.82, 2.24) is 20.1 Å². The van der Waals surface area contributed by atoms with E-state index in [0.29, 0.717) is 24.0 Å². The summed E-state index contributed by atoms with van der Waals surface area (Å²) in [5.74, 6) is 1.68. The summed E-state index contributed by atoms with van der Waals surface area (Å²) in [7, 11) is 0. The molecule has 0 aliphatic heterocycles. The minimum Gasteiger partial charge on any atom is -0.394 e. The molecule has 0 aliphatic rings. The number of benzene rings is 1. The van der Waals surface area contributed by atoms with Crippen molar-refractivity contribution in [3.63, 3.8) is 0 Å². The predicted octanol–water partition coefficient (Wildman–Crippen LogP) is 2.94. The van der Waals surface area contributed by atoms with Crippen molar-refractivity contribution in [2.24, 2.45) is 0 Å². The molecule has 7 nitrogen and oxygen atoms in total. The molecule has 0 saturated carbocycles. The van der Waals surface area contributed by atoms with Crippen LogP contribution in [0.15, 0.2) is 53.3 Å². The fourth-order valence-corrected chi connectivity index (χ4v) is 2.99. The number of para-hydroxylation sites is 1. The van der Waals surface area contributed by atoms with E-state index in [1.54, 1.807) is 13.1 Å². The lowest BCUT2D eigenvalue weighted by molar-refractivity contribution is 0.273. The maximum Gasteiger partial charge on any atom is 0.258 e. The first-order valence-electron chi connectivity index (χ1n) is 8.42. The molecule has 0 amide bonds. The molecule has 3 heterocycles. The van der Waals surface area contributed by atoms with Crippen molar-refractivity contribution >= 4 is 16.7 Å². The highest BCUT2D eigenvalue weighted by atomic mass is 16.5. The summed E-state index contributed by atoms with van der Waals surface area (Å²) in [6.45, 7) is 1.77. The molecule has 132 valence electrons. The van der Waals surface area contributed by atoms with Gasteiger partial charge in [-0.2, -0.15) is 4.98 Å². The zero-order valence-corrected chi connectivity index (χ0v) is 14.3. The number of hydrogen-bond acceptors (Lipinski definition) is 6. The number of aromatic nitrogens is 4. The van der Waals surface area contributed by atoms with E-state index in [1.807, 2.05) is 36.5 Å². The molecule has 3 N–H and O–H groups in total. The molecule has 0 saturated heterocycles. The molecule has 4 aromatic rings. The van der Waals surface area contributed by atoms with E-state index in [-0.39, 0.29) is 12.6 Å². The minimum atomic E-state index is -0.165. The summed E-state index contributed by atoms with van der Waals surface area (Å²) in [6.07, 6.45) is 4.34. The van der Waals surface area contributed by atoms with Crippen molar-refractivity contribution in [3.8, 4) is 11.5 Å². The molecule has 26 heavy (non-hydrogen) atoms. The van der Waals surface area contributed by atoms with Gasteiger partial charge in [-0.15, -0.1) is 0 Å². The Morgan fingerprint density at radius 1 is 1.27 bits per heavy atom. The lowest BCUT2D eigenvalue weighted by Gasteiger charge is -2.17. The number of H-pyrrole nitrogens is 1. The molecule has 0 bridgehead atoms. The molecule has 1 aromatic carbocycles. The largest absolute Gasteiger partial charge is 0.394 e. The third-order valence-electron chi connectivity index (χ3n) is 4.25. The van der Waals surface area contributed by atoms with Crippen LogP contribution in [0.4, 0.5) is 5.82 Å². The van der Waals surface area contributed by atoms with Crippen LogP contribution in [-0.2, 0) is 6.42 Å². The van der Waals surface area contributed by atoms with Gasteiger partial charge in [0.05, 0.1) is 12.6 Å². The lowest BCUT2D eigenvalue weighted by atomic mass is 10.1. The standard InChI is InChI=1S/C19H19N5O2/c1-12-22-19(26-24-12)13-6-7-20-18(9-13)23-15(11-25)8-14-10-21-17-5-3-2-4-16(14)17/h2-7,9-10,15,21,25H,8,11H2,1H3,(H,20,23). The van der Waals surface area contributed by atoms with Gasteiger partial charge in [0.2, 0.25) is 0 Å². The summed E-state index contributed by atoms with van der Waals surface area (Å²) in [5, 5.41) is 18.1. The Morgan fingerprint density at radius 3 is 2.96 bits per heavy atom. The van der Waals surface area contributed by atoms with E-state index in [2.05, 4.69) is 31.5 Å². The Morgan fingerprint density at radius 2 is 2.15 bits per heavy atom. The summed E-state index contributed by atoms with van der Waals surface area (Å²) >= 11 is 0. The fraction of sp³-hybridized carbons (Fsp3) is 0.211. The molecular weight excluding hydrogens is 330 g/mol. The first-order chi connectivity index (χ1) is 12.7. The number of aromatic amines is 1. The lowest BCUT2D eigenvalue weighted by Crippen LogP contribution is -2.26. The van der Waals surface area contributed by atoms with Crippen molar-refractivity contribution in [3.05, 3.63) is 60.2 Å². The van der Waals surface area contributed by atoms with Gasteiger partial charge in [0, 0.05) is 28.9 Å². The normalized spacial score (nSPS) is 12.4. The second kappa shape index (κ2) is 6.97. The molecule has 0 radical (unpaired) electrons. The summed E-state index contributed by atoms with van der Waals surface area (Å²) < 4.78 is 5.20. The van der Waals surface area contributed by atoms with Crippen LogP contribution >= 0.6 is 0 Å². The van der Waals surface area contributed by atoms with E-state index in [9.17, 15) is 5.11 Å². The van der Waals surface area contributed by atoms with Crippen molar-refractivity contribution < 1.29 is 9.63 Å². The van der Waals surface area contributed by atoms with Gasteiger partial charge in [0.15, 0.2) is 5.82 Å². The quantitative estimate of drug-likeness (QED) is 0.495. The van der Waals surface area contributed by atoms with E-state index < -0.39 is 0 Å². The number of pyridine rings is 1. The number of hydrogen-bond donors (Lipinski definition) is 3. The minimum absolute atomic E-state index is 0.00885. The third-order valence-corrected chi connectivity index (χ3v) is 4.25. The van der Waals surface area contributed by atoms with Crippen molar-refractivity contribution in [2.75, 3.05) is 11.9 Å². The van der Waals surface area contributed by atoms with E-state index in [0.717, 1.165) is 22.0 Å². The number of rotatable bonds is 6. The van der Waals surface area contributed by atoms with Gasteiger partial charge in [-0.25, -0.2) is 4.98 Å². The van der Waals surface area contributed by atoms with Crippen LogP contribution < -0.4 is 5.32 Å². The smallest absolute Gasteiger partial charge is 0.258 e. The number of nitrogens with zero attached hydrogens (tertiary/aromatic N) is 3. The molecule has 1 atom stereocenters.